The predicted molar refractivity (Wildman–Crippen MR) is 84.7 cm³/mol. The normalized spacial score (nSPS) is 22.6. The van der Waals surface area contributed by atoms with Gasteiger partial charge in [0.1, 0.15) is 0 Å². The molecule has 1 heterocycles. The van der Waals surface area contributed by atoms with Crippen LogP contribution in [0.3, 0.4) is 0 Å². The first kappa shape index (κ1) is 15.2. The molecule has 1 aromatic carbocycles. The van der Waals surface area contributed by atoms with Gasteiger partial charge in [0.15, 0.2) is 0 Å². The number of rotatable bonds is 2. The van der Waals surface area contributed by atoms with Gasteiger partial charge in [0.25, 0.3) is 11.6 Å². The average Bonchev–Trinajstić information content (AvgIpc) is 2.41. The number of carbonyl (C=O) groups excluding carboxylic acids is 1. The van der Waals surface area contributed by atoms with E-state index in [2.05, 4.69) is 29.5 Å². The Hall–Kier alpha value is -1.18. The van der Waals surface area contributed by atoms with Gasteiger partial charge < -0.3 is 4.90 Å². The summed E-state index contributed by atoms with van der Waals surface area (Å²) in [6, 6.07) is 4.63. The van der Waals surface area contributed by atoms with Gasteiger partial charge in [-0.2, -0.15) is 0 Å². The minimum Gasteiger partial charge on any atom is -0.336 e. The summed E-state index contributed by atoms with van der Waals surface area (Å²) >= 11 is 2.05. The summed E-state index contributed by atoms with van der Waals surface area (Å²) in [4.78, 5) is 24.9. The average molecular weight is 388 g/mol. The zero-order valence-corrected chi connectivity index (χ0v) is 13.7. The van der Waals surface area contributed by atoms with Crippen LogP contribution in [0, 0.1) is 19.6 Å². The molecule has 2 rings (SSSR count). The molecule has 0 bridgehead atoms. The fourth-order valence-corrected chi connectivity index (χ4v) is 3.08. The van der Waals surface area contributed by atoms with Gasteiger partial charge in [-0.1, -0.05) is 6.92 Å². The van der Waals surface area contributed by atoms with Crippen LogP contribution in [0.5, 0.6) is 0 Å². The number of carbonyl (C=O) groups is 1. The van der Waals surface area contributed by atoms with Crippen LogP contribution in [0.15, 0.2) is 18.2 Å². The highest BCUT2D eigenvalue weighted by atomic mass is 127. The number of likely N-dealkylation sites (tertiary alicyclic amines) is 1. The van der Waals surface area contributed by atoms with Gasteiger partial charge in [0, 0.05) is 28.3 Å². The van der Waals surface area contributed by atoms with Gasteiger partial charge in [-0.05, 0) is 54.3 Å². The van der Waals surface area contributed by atoms with E-state index >= 15 is 0 Å². The second kappa shape index (κ2) is 6.07. The first-order valence-corrected chi connectivity index (χ1v) is 7.73. The Labute approximate surface area is 131 Å². The Morgan fingerprint density at radius 2 is 2.10 bits per heavy atom. The monoisotopic (exact) mass is 388 g/mol. The topological polar surface area (TPSA) is 63.5 Å². The van der Waals surface area contributed by atoms with Crippen LogP contribution in [0.2, 0.25) is 0 Å². The largest absolute Gasteiger partial charge is 0.336 e. The molecule has 0 N–H and O–H groups in total. The van der Waals surface area contributed by atoms with E-state index in [1.165, 1.54) is 12.1 Å². The molecule has 1 amide bonds. The molecular formula is C14H17IN2O3. The van der Waals surface area contributed by atoms with Crippen molar-refractivity contribution in [1.29, 1.82) is 0 Å². The van der Waals surface area contributed by atoms with E-state index in [9.17, 15) is 14.9 Å². The summed E-state index contributed by atoms with van der Waals surface area (Å²) in [6.07, 6.45) is 2.11. The standard InChI is InChI=1S/C14H17IN2O3/c1-9-3-4-10(2)16(8-9)14(18)12-7-11(17(19)20)5-6-13(12)15/h5-7,9-10H,3-4,8H2,1-2H3. The van der Waals surface area contributed by atoms with Crippen molar-refractivity contribution in [1.82, 2.24) is 4.90 Å². The van der Waals surface area contributed by atoms with E-state index in [4.69, 9.17) is 0 Å². The molecule has 1 saturated heterocycles. The van der Waals surface area contributed by atoms with Gasteiger partial charge in [-0.25, -0.2) is 0 Å². The number of hydrogen-bond donors (Lipinski definition) is 0. The van der Waals surface area contributed by atoms with E-state index in [0.29, 0.717) is 11.5 Å². The van der Waals surface area contributed by atoms with Gasteiger partial charge >= 0.3 is 0 Å². The number of amides is 1. The van der Waals surface area contributed by atoms with Gasteiger partial charge in [-0.15, -0.1) is 0 Å². The third-order valence-corrected chi connectivity index (χ3v) is 4.71. The summed E-state index contributed by atoms with van der Waals surface area (Å²) in [5, 5.41) is 10.9. The van der Waals surface area contributed by atoms with Crippen LogP contribution < -0.4 is 0 Å². The molecule has 0 saturated carbocycles. The maximum absolute atomic E-state index is 12.6. The molecule has 0 aromatic heterocycles. The van der Waals surface area contributed by atoms with Crippen LogP contribution in [-0.4, -0.2) is 28.3 Å². The maximum atomic E-state index is 12.6. The lowest BCUT2D eigenvalue weighted by Crippen LogP contribution is -2.45. The van der Waals surface area contributed by atoms with Crippen molar-refractivity contribution in [3.05, 3.63) is 37.4 Å². The Morgan fingerprint density at radius 1 is 1.40 bits per heavy atom. The van der Waals surface area contributed by atoms with Crippen LogP contribution in [0.1, 0.15) is 37.0 Å². The number of hydrogen-bond acceptors (Lipinski definition) is 3. The molecule has 2 unspecified atom stereocenters. The molecule has 0 radical (unpaired) electrons. The van der Waals surface area contributed by atoms with E-state index in [-0.39, 0.29) is 17.6 Å². The van der Waals surface area contributed by atoms with Crippen molar-refractivity contribution in [2.45, 2.75) is 32.7 Å². The first-order valence-electron chi connectivity index (χ1n) is 6.65. The molecule has 0 aliphatic carbocycles. The Balaban J connectivity index is 2.32. The zero-order chi connectivity index (χ0) is 14.9. The molecule has 6 heteroatoms. The highest BCUT2D eigenvalue weighted by Crippen LogP contribution is 2.26. The highest BCUT2D eigenvalue weighted by molar-refractivity contribution is 14.1. The molecule has 1 aliphatic heterocycles. The molecular weight excluding hydrogens is 371 g/mol. The molecule has 20 heavy (non-hydrogen) atoms. The van der Waals surface area contributed by atoms with E-state index in [0.717, 1.165) is 23.0 Å². The fraction of sp³-hybridized carbons (Fsp3) is 0.500. The van der Waals surface area contributed by atoms with Crippen LogP contribution in [-0.2, 0) is 0 Å². The van der Waals surface area contributed by atoms with Crippen molar-refractivity contribution in [3.63, 3.8) is 0 Å². The minimum atomic E-state index is -0.463. The molecule has 1 aliphatic rings. The summed E-state index contributed by atoms with van der Waals surface area (Å²) in [5.41, 5.74) is 0.396. The van der Waals surface area contributed by atoms with Crippen LogP contribution in [0.25, 0.3) is 0 Å². The molecule has 1 fully saturated rings. The lowest BCUT2D eigenvalue weighted by Gasteiger charge is -2.37. The maximum Gasteiger partial charge on any atom is 0.270 e. The number of non-ortho nitro benzene ring substituents is 1. The van der Waals surface area contributed by atoms with Crippen molar-refractivity contribution < 1.29 is 9.72 Å². The van der Waals surface area contributed by atoms with E-state index in [1.807, 2.05) is 11.8 Å². The molecule has 1 aromatic rings. The summed E-state index contributed by atoms with van der Waals surface area (Å²) in [7, 11) is 0. The Bertz CT molecular complexity index is 547. The van der Waals surface area contributed by atoms with Gasteiger partial charge in [0.2, 0.25) is 0 Å². The van der Waals surface area contributed by atoms with E-state index < -0.39 is 4.92 Å². The number of halogens is 1. The second-order valence-corrected chi connectivity index (χ2v) is 6.57. The minimum absolute atomic E-state index is 0.0357. The third kappa shape index (κ3) is 3.11. The van der Waals surface area contributed by atoms with Crippen LogP contribution >= 0.6 is 22.6 Å². The third-order valence-electron chi connectivity index (χ3n) is 3.77. The highest BCUT2D eigenvalue weighted by Gasteiger charge is 2.29. The quantitative estimate of drug-likeness (QED) is 0.443. The summed E-state index contributed by atoms with van der Waals surface area (Å²) in [6.45, 7) is 4.89. The van der Waals surface area contributed by atoms with Gasteiger partial charge in [-0.3, -0.25) is 14.9 Å². The van der Waals surface area contributed by atoms with Crippen molar-refractivity contribution in [2.24, 2.45) is 5.92 Å². The molecule has 5 nitrogen and oxygen atoms in total. The Kier molecular flexibility index (Phi) is 4.62. The smallest absolute Gasteiger partial charge is 0.270 e. The van der Waals surface area contributed by atoms with E-state index in [1.54, 1.807) is 6.07 Å². The lowest BCUT2D eigenvalue weighted by molar-refractivity contribution is -0.384. The lowest BCUT2D eigenvalue weighted by atomic mass is 9.94. The number of nitro groups is 1. The first-order chi connectivity index (χ1) is 9.40. The Morgan fingerprint density at radius 3 is 2.75 bits per heavy atom. The SMILES string of the molecule is CC1CCC(C)N(C(=O)c2cc([N+](=O)[O-])ccc2I)C1. The van der Waals surface area contributed by atoms with Crippen molar-refractivity contribution in [2.75, 3.05) is 6.54 Å². The van der Waals surface area contributed by atoms with Crippen molar-refractivity contribution >= 4 is 34.2 Å². The summed E-state index contributed by atoms with van der Waals surface area (Å²) < 4.78 is 0.753. The van der Waals surface area contributed by atoms with Crippen LogP contribution in [0.4, 0.5) is 5.69 Å². The fourth-order valence-electron chi connectivity index (χ4n) is 2.52. The number of nitrogens with zero attached hydrogens (tertiary/aromatic N) is 2. The number of piperidine rings is 1. The molecule has 108 valence electrons. The van der Waals surface area contributed by atoms with Gasteiger partial charge in [0.05, 0.1) is 10.5 Å². The predicted octanol–water partition coefficient (Wildman–Crippen LogP) is 3.46. The van der Waals surface area contributed by atoms with Crippen molar-refractivity contribution in [3.8, 4) is 0 Å². The number of benzene rings is 1. The summed E-state index contributed by atoms with van der Waals surface area (Å²) in [5.74, 6) is 0.378. The number of nitro benzene ring substituents is 1. The molecule has 2 atom stereocenters. The second-order valence-electron chi connectivity index (χ2n) is 5.41. The zero-order valence-electron chi connectivity index (χ0n) is 11.5. The molecule has 0 spiro atoms.